The smallest absolute Gasteiger partial charge is 0.179 e. The second-order valence-electron chi connectivity index (χ2n) is 12.7. The highest BCUT2D eigenvalue weighted by Crippen LogP contribution is 2.46. The number of aromatic nitrogens is 3. The molecule has 0 radical (unpaired) electrons. The molecule has 1 atom stereocenters. The first-order chi connectivity index (χ1) is 24.8. The number of benzene rings is 6. The van der Waals surface area contributed by atoms with E-state index in [4.69, 9.17) is 15.0 Å². The molecular formula is C46H33N3Si. The third-order valence-electron chi connectivity index (χ3n) is 9.97. The monoisotopic (exact) mass is 655 g/mol. The van der Waals surface area contributed by atoms with Crippen molar-refractivity contribution in [1.29, 1.82) is 0 Å². The van der Waals surface area contributed by atoms with E-state index in [1.807, 2.05) is 18.2 Å². The summed E-state index contributed by atoms with van der Waals surface area (Å²) in [6.07, 6.45) is 8.72. The Hall–Kier alpha value is -6.23. The summed E-state index contributed by atoms with van der Waals surface area (Å²) in [7, 11) is -2.65. The van der Waals surface area contributed by atoms with E-state index in [1.54, 1.807) is 0 Å². The van der Waals surface area contributed by atoms with Crippen molar-refractivity contribution in [3.8, 4) is 22.8 Å². The maximum atomic E-state index is 5.24. The molecule has 6 aromatic carbocycles. The summed E-state index contributed by atoms with van der Waals surface area (Å²) in [5, 5.41) is 5.34. The quantitative estimate of drug-likeness (QED) is 0.131. The van der Waals surface area contributed by atoms with Crippen molar-refractivity contribution in [2.75, 3.05) is 0 Å². The van der Waals surface area contributed by atoms with Crippen LogP contribution in [0.15, 0.2) is 200 Å². The predicted octanol–water partition coefficient (Wildman–Crippen LogP) is 7.61. The van der Waals surface area contributed by atoms with Crippen molar-refractivity contribution in [1.82, 2.24) is 15.0 Å². The first kappa shape index (κ1) is 29.9. The molecular weight excluding hydrogens is 623 g/mol. The van der Waals surface area contributed by atoms with Gasteiger partial charge in [0, 0.05) is 22.6 Å². The Morgan fingerprint density at radius 2 is 0.860 bits per heavy atom. The van der Waals surface area contributed by atoms with Gasteiger partial charge in [0.25, 0.3) is 0 Å². The van der Waals surface area contributed by atoms with Gasteiger partial charge < -0.3 is 0 Å². The summed E-state index contributed by atoms with van der Waals surface area (Å²) in [6.45, 7) is 0. The average molecular weight is 656 g/mol. The summed E-state index contributed by atoms with van der Waals surface area (Å²) >= 11 is 0. The molecule has 2 aliphatic carbocycles. The molecule has 1 unspecified atom stereocenters. The lowest BCUT2D eigenvalue weighted by Crippen LogP contribution is -2.74. The van der Waals surface area contributed by atoms with Crippen LogP contribution in [0.3, 0.4) is 0 Å². The number of rotatable bonds is 7. The normalized spacial score (nSPS) is 14.8. The Balaban J connectivity index is 1.24. The second-order valence-corrected chi connectivity index (χ2v) is 16.5. The van der Waals surface area contributed by atoms with Crippen molar-refractivity contribution in [2.24, 2.45) is 0 Å². The molecule has 0 bridgehead atoms. The first-order valence-corrected chi connectivity index (χ1v) is 19.1. The van der Waals surface area contributed by atoms with E-state index in [0.29, 0.717) is 17.5 Å². The average Bonchev–Trinajstić information content (AvgIpc) is 3.54. The van der Waals surface area contributed by atoms with Gasteiger partial charge in [0.2, 0.25) is 0 Å². The van der Waals surface area contributed by atoms with E-state index < -0.39 is 8.07 Å². The van der Waals surface area contributed by atoms with Gasteiger partial charge in [0.15, 0.2) is 25.5 Å². The Labute approximate surface area is 293 Å². The fourth-order valence-corrected chi connectivity index (χ4v) is 12.5. The molecule has 0 spiro atoms. The van der Waals surface area contributed by atoms with Crippen molar-refractivity contribution >= 4 is 34.4 Å². The zero-order valence-electron chi connectivity index (χ0n) is 27.4. The molecule has 0 fully saturated rings. The van der Waals surface area contributed by atoms with Crippen LogP contribution in [0.25, 0.3) is 28.3 Å². The summed E-state index contributed by atoms with van der Waals surface area (Å²) < 4.78 is 0. The van der Waals surface area contributed by atoms with Gasteiger partial charge in [-0.2, -0.15) is 0 Å². The largest absolute Gasteiger partial charge is 0.208 e. The Kier molecular flexibility index (Phi) is 7.56. The topological polar surface area (TPSA) is 38.7 Å². The van der Waals surface area contributed by atoms with E-state index in [-0.39, 0.29) is 5.92 Å². The summed E-state index contributed by atoms with van der Waals surface area (Å²) in [6, 6.07) is 60.9. The second kappa shape index (κ2) is 12.7. The van der Waals surface area contributed by atoms with Gasteiger partial charge in [0.1, 0.15) is 0 Å². The molecule has 0 N–H and O–H groups in total. The summed E-state index contributed by atoms with van der Waals surface area (Å²) in [5.41, 5.74) is 6.69. The van der Waals surface area contributed by atoms with Gasteiger partial charge in [-0.15, -0.1) is 0 Å². The lowest BCUT2D eigenvalue weighted by molar-refractivity contribution is 1.03. The molecule has 0 amide bonds. The minimum Gasteiger partial charge on any atom is -0.208 e. The third-order valence-corrected chi connectivity index (χ3v) is 14.8. The standard InChI is InChI=1S/C46H33N3Si/c1-5-17-33(18-6-1)44-47-45(49-46(48-44)43-41-27-15-13-25-39(41)40-26-14-16-28-42(40)43)34-29-31-38(32-30-34)50(35-19-7-2-8-20-35,36-21-9-3-10-22-36)37-23-11-4-12-24-37/h1-32,39H. The van der Waals surface area contributed by atoms with Crippen molar-refractivity contribution in [3.05, 3.63) is 217 Å². The minimum atomic E-state index is -2.65. The van der Waals surface area contributed by atoms with Gasteiger partial charge in [-0.3, -0.25) is 0 Å². The van der Waals surface area contributed by atoms with Crippen LogP contribution in [0.5, 0.6) is 0 Å². The maximum absolute atomic E-state index is 5.24. The van der Waals surface area contributed by atoms with Crippen molar-refractivity contribution < 1.29 is 0 Å². The van der Waals surface area contributed by atoms with Crippen LogP contribution in [0, 0.1) is 0 Å². The van der Waals surface area contributed by atoms with Crippen LogP contribution in [0.4, 0.5) is 0 Å². The van der Waals surface area contributed by atoms with E-state index in [9.17, 15) is 0 Å². The van der Waals surface area contributed by atoms with E-state index >= 15 is 0 Å². The molecule has 1 heterocycles. The van der Waals surface area contributed by atoms with E-state index in [0.717, 1.165) is 16.7 Å². The molecule has 4 heteroatoms. The molecule has 3 nitrogen and oxygen atoms in total. The minimum absolute atomic E-state index is 0.193. The number of fused-ring (bicyclic) bond motifs is 3. The fourth-order valence-electron chi connectivity index (χ4n) is 7.72. The van der Waals surface area contributed by atoms with Gasteiger partial charge in [-0.05, 0) is 37.4 Å². The molecule has 1 aromatic heterocycles. The number of hydrogen-bond acceptors (Lipinski definition) is 3. The summed E-state index contributed by atoms with van der Waals surface area (Å²) in [5.74, 6) is 2.22. The molecule has 50 heavy (non-hydrogen) atoms. The predicted molar refractivity (Wildman–Crippen MR) is 208 cm³/mol. The lowest BCUT2D eigenvalue weighted by Gasteiger charge is -2.34. The highest BCUT2D eigenvalue weighted by atomic mass is 28.3. The van der Waals surface area contributed by atoms with Crippen LogP contribution in [-0.4, -0.2) is 23.0 Å². The van der Waals surface area contributed by atoms with Crippen LogP contribution in [-0.2, 0) is 0 Å². The maximum Gasteiger partial charge on any atom is 0.179 e. The zero-order chi connectivity index (χ0) is 33.3. The van der Waals surface area contributed by atoms with E-state index in [2.05, 4.69) is 176 Å². The molecule has 0 saturated carbocycles. The number of allylic oxidation sites excluding steroid dienone is 5. The van der Waals surface area contributed by atoms with Gasteiger partial charge in [-0.1, -0.05) is 194 Å². The molecule has 236 valence electrons. The fraction of sp³-hybridized carbons (Fsp3) is 0.0217. The highest BCUT2D eigenvalue weighted by molar-refractivity contribution is 7.19. The number of nitrogens with zero attached hydrogens (tertiary/aromatic N) is 3. The Morgan fingerprint density at radius 1 is 0.400 bits per heavy atom. The molecule has 0 aliphatic heterocycles. The van der Waals surface area contributed by atoms with Crippen LogP contribution in [0.2, 0.25) is 0 Å². The number of hydrogen-bond donors (Lipinski definition) is 0. The SMILES string of the molecule is C1=CC2=C(c3nc(-c4ccccc4)nc(-c4ccc([Si](c5ccccc5)(c5ccccc5)c5ccccc5)cc4)n3)c3ccccc3C2C=C1. The zero-order valence-corrected chi connectivity index (χ0v) is 28.4. The third kappa shape index (κ3) is 5.00. The van der Waals surface area contributed by atoms with Gasteiger partial charge in [0.05, 0.1) is 0 Å². The van der Waals surface area contributed by atoms with Gasteiger partial charge in [-0.25, -0.2) is 15.0 Å². The van der Waals surface area contributed by atoms with Gasteiger partial charge >= 0.3 is 0 Å². The lowest BCUT2D eigenvalue weighted by atomic mass is 9.92. The molecule has 9 rings (SSSR count). The van der Waals surface area contributed by atoms with Crippen LogP contribution >= 0.6 is 0 Å². The Bertz CT molecular complexity index is 2300. The van der Waals surface area contributed by atoms with Crippen molar-refractivity contribution in [2.45, 2.75) is 5.92 Å². The molecule has 0 saturated heterocycles. The van der Waals surface area contributed by atoms with Crippen molar-refractivity contribution in [3.63, 3.8) is 0 Å². The van der Waals surface area contributed by atoms with Crippen LogP contribution < -0.4 is 20.7 Å². The van der Waals surface area contributed by atoms with E-state index in [1.165, 1.54) is 37.4 Å². The molecule has 2 aliphatic rings. The Morgan fingerprint density at radius 3 is 1.44 bits per heavy atom. The highest BCUT2D eigenvalue weighted by Gasteiger charge is 2.41. The van der Waals surface area contributed by atoms with Crippen LogP contribution in [0.1, 0.15) is 22.9 Å². The summed E-state index contributed by atoms with van der Waals surface area (Å²) in [4.78, 5) is 15.5. The molecule has 7 aromatic rings. The first-order valence-electron chi connectivity index (χ1n) is 17.1.